The lowest BCUT2D eigenvalue weighted by Gasteiger charge is -2.39. The number of carbonyl (C=O) groups is 4. The number of hydrogen-bond acceptors (Lipinski definition) is 7. The lowest BCUT2D eigenvalue weighted by molar-refractivity contribution is -0.870. The molecule has 76 heavy (non-hydrogen) atoms. The summed E-state index contributed by atoms with van der Waals surface area (Å²) >= 11 is 0. The summed E-state index contributed by atoms with van der Waals surface area (Å²) in [6, 6.07) is -1.23. The number of imide groups is 2. The molecule has 0 aromatic carbocycles. The summed E-state index contributed by atoms with van der Waals surface area (Å²) in [5, 5.41) is 0. The smallest absolute Gasteiger partial charge is 0.329 e. The summed E-state index contributed by atoms with van der Waals surface area (Å²) in [6.45, 7) is 10.8. The Balaban J connectivity index is 6.60. The number of rotatable bonds is 57. The third kappa shape index (κ3) is 44.1. The maximum atomic E-state index is 14.7. The van der Waals surface area contributed by atoms with E-state index in [1.807, 2.05) is 21.1 Å². The number of phosphoric ester groups is 1. The van der Waals surface area contributed by atoms with Crippen LogP contribution >= 0.6 is 7.82 Å². The Morgan fingerprint density at radius 3 is 0.816 bits per heavy atom. The Labute approximate surface area is 470 Å². The van der Waals surface area contributed by atoms with E-state index in [4.69, 9.17) is 9.05 Å². The van der Waals surface area contributed by atoms with Crippen molar-refractivity contribution in [3.8, 4) is 0 Å². The van der Waals surface area contributed by atoms with Gasteiger partial charge in [0.15, 0.2) is 6.23 Å². The summed E-state index contributed by atoms with van der Waals surface area (Å²) in [5.74, 6) is -1.83. The lowest BCUT2D eigenvalue weighted by atomic mass is 10.0. The van der Waals surface area contributed by atoms with Crippen LogP contribution in [0.15, 0.2) is 0 Å². The zero-order chi connectivity index (χ0) is 56.4. The van der Waals surface area contributed by atoms with Crippen LogP contribution in [-0.2, 0) is 32.8 Å². The highest BCUT2D eigenvalue weighted by Gasteiger charge is 2.44. The monoisotopic (exact) mass is 1100 g/mol. The second-order valence-electron chi connectivity index (χ2n) is 24.0. The molecule has 0 fully saturated rings. The number of unbranched alkanes of at least 4 members (excludes halogenated alkanes) is 40. The molecule has 0 aliphatic carbocycles. The van der Waals surface area contributed by atoms with Crippen LogP contribution in [0, 0.1) is 0 Å². The third-order valence-corrected chi connectivity index (χ3v) is 16.4. The van der Waals surface area contributed by atoms with Crippen molar-refractivity contribution in [1.82, 2.24) is 9.80 Å². The Hall–Kier alpha value is -1.65. The average Bonchev–Trinajstić information content (AvgIpc) is 3.37. The molecule has 0 heterocycles. The van der Waals surface area contributed by atoms with Gasteiger partial charge in [-0.2, -0.15) is 0 Å². The fourth-order valence-electron chi connectivity index (χ4n) is 10.3. The van der Waals surface area contributed by atoms with E-state index in [1.54, 1.807) is 6.92 Å². The van der Waals surface area contributed by atoms with Gasteiger partial charge in [-0.3, -0.25) is 38.0 Å². The van der Waals surface area contributed by atoms with Crippen molar-refractivity contribution in [2.75, 3.05) is 34.3 Å². The van der Waals surface area contributed by atoms with Gasteiger partial charge in [0, 0.05) is 25.7 Å². The largest absolute Gasteiger partial charge is 0.474 e. The Morgan fingerprint density at radius 1 is 0.382 bits per heavy atom. The van der Waals surface area contributed by atoms with Gasteiger partial charge in [-0.25, -0.2) is 4.57 Å². The van der Waals surface area contributed by atoms with Gasteiger partial charge >= 0.3 is 7.82 Å². The van der Waals surface area contributed by atoms with Crippen LogP contribution in [0.25, 0.3) is 0 Å². The van der Waals surface area contributed by atoms with Crippen LogP contribution < -0.4 is 0 Å². The minimum atomic E-state index is -4.94. The quantitative estimate of drug-likeness (QED) is 0.0276. The number of nitrogens with zero attached hydrogens (tertiary/aromatic N) is 3. The van der Waals surface area contributed by atoms with Gasteiger partial charge < -0.3 is 9.38 Å². The summed E-state index contributed by atoms with van der Waals surface area (Å²) in [6.07, 6.45) is 47.7. The van der Waals surface area contributed by atoms with Crippen molar-refractivity contribution in [3.05, 3.63) is 0 Å². The second-order valence-corrected chi connectivity index (χ2v) is 25.4. The molecule has 12 heteroatoms. The molecule has 0 rings (SSSR count). The Morgan fingerprint density at radius 2 is 0.592 bits per heavy atom. The highest BCUT2D eigenvalue weighted by Crippen LogP contribution is 2.46. The number of hydrogen-bond donors (Lipinski definition) is 1. The number of phosphoric acid groups is 1. The van der Waals surface area contributed by atoms with Gasteiger partial charge in [-0.1, -0.05) is 285 Å². The predicted molar refractivity (Wildman–Crippen MR) is 321 cm³/mol. The zero-order valence-corrected chi connectivity index (χ0v) is 52.5. The summed E-state index contributed by atoms with van der Waals surface area (Å²) in [4.78, 5) is 72.1. The fraction of sp³-hybridized carbons (Fsp3) is 0.938. The number of carbonyl (C=O) groups excluding carboxylic acids is 4. The lowest BCUT2D eigenvalue weighted by Crippen LogP contribution is -2.58. The van der Waals surface area contributed by atoms with Crippen molar-refractivity contribution in [2.45, 2.75) is 355 Å². The number of amides is 4. The van der Waals surface area contributed by atoms with E-state index in [9.17, 15) is 28.6 Å². The van der Waals surface area contributed by atoms with Crippen LogP contribution in [0.3, 0.4) is 0 Å². The fourth-order valence-corrected chi connectivity index (χ4v) is 11.3. The van der Waals surface area contributed by atoms with E-state index < -0.39 is 43.7 Å². The van der Waals surface area contributed by atoms with Crippen molar-refractivity contribution < 1.29 is 42.2 Å². The van der Waals surface area contributed by atoms with Crippen molar-refractivity contribution >= 4 is 31.5 Å². The highest BCUT2D eigenvalue weighted by atomic mass is 31.2. The van der Waals surface area contributed by atoms with Gasteiger partial charge in [0.05, 0.1) is 27.2 Å². The first-order valence-corrected chi connectivity index (χ1v) is 34.3. The van der Waals surface area contributed by atoms with Gasteiger partial charge in [-0.05, 0) is 32.6 Å². The molecule has 3 atom stereocenters. The minimum Gasteiger partial charge on any atom is -0.329 e. The Kier molecular flexibility index (Phi) is 50.4. The van der Waals surface area contributed by atoms with Gasteiger partial charge in [-0.15, -0.1) is 0 Å². The first-order valence-electron chi connectivity index (χ1n) is 32.8. The van der Waals surface area contributed by atoms with Gasteiger partial charge in [0.2, 0.25) is 23.6 Å². The molecule has 4 amide bonds. The summed E-state index contributed by atoms with van der Waals surface area (Å²) < 4.78 is 26.2. The molecule has 0 aromatic rings. The number of quaternary nitrogens is 1. The molecule has 0 spiro atoms. The molecule has 0 bridgehead atoms. The van der Waals surface area contributed by atoms with E-state index in [-0.39, 0.29) is 32.3 Å². The molecule has 0 aliphatic heterocycles. The van der Waals surface area contributed by atoms with Gasteiger partial charge in [0.25, 0.3) is 0 Å². The first kappa shape index (κ1) is 74.3. The zero-order valence-electron chi connectivity index (χ0n) is 51.6. The highest BCUT2D eigenvalue weighted by molar-refractivity contribution is 7.47. The third-order valence-electron chi connectivity index (χ3n) is 15.4. The number of likely N-dealkylation sites (N-methyl/N-ethyl adjacent to an activating group) is 1. The molecule has 0 saturated carbocycles. The van der Waals surface area contributed by atoms with E-state index in [0.717, 1.165) is 94.8 Å². The van der Waals surface area contributed by atoms with Crippen LogP contribution in [-0.4, -0.2) is 89.4 Å². The second kappa shape index (κ2) is 51.5. The maximum absolute atomic E-state index is 14.7. The standard InChI is InChI=1S/C64H126N3O8P/c1-9-13-17-21-25-29-33-37-41-45-49-53-60(68)65(61(69)54-50-46-42-38-34-30-26-22-18-14-10-2)59(5)64(75-76(72,73)74-58-57-67(6,7)8)66(62(70)55-51-47-43-39-35-31-27-23-19-15-11-3)63(71)56-52-48-44-40-36-32-28-24-20-16-12-4/h59,64H,9-58H2,1-8H3/p+1. The summed E-state index contributed by atoms with van der Waals surface area (Å²) in [7, 11) is 0.897. The molecule has 11 nitrogen and oxygen atoms in total. The summed E-state index contributed by atoms with van der Waals surface area (Å²) in [5.41, 5.74) is 0. The van der Waals surface area contributed by atoms with E-state index >= 15 is 0 Å². The Bertz CT molecular complexity index is 1350. The molecule has 3 unspecified atom stereocenters. The van der Waals surface area contributed by atoms with Crippen molar-refractivity contribution in [3.63, 3.8) is 0 Å². The van der Waals surface area contributed by atoms with Crippen molar-refractivity contribution in [1.29, 1.82) is 0 Å². The molecule has 1 N–H and O–H groups in total. The minimum absolute atomic E-state index is 0.0467. The molecule has 450 valence electrons. The van der Waals surface area contributed by atoms with Crippen LogP contribution in [0.4, 0.5) is 0 Å². The maximum Gasteiger partial charge on any atom is 0.474 e. The topological polar surface area (TPSA) is 131 Å². The predicted octanol–water partition coefficient (Wildman–Crippen LogP) is 19.1. The average molecular weight is 1100 g/mol. The molecule has 0 saturated heterocycles. The van der Waals surface area contributed by atoms with Crippen LogP contribution in [0.5, 0.6) is 0 Å². The molecule has 0 aromatic heterocycles. The SMILES string of the molecule is CCCCCCCCCCCCCC(=O)N(C(=O)CCCCCCCCCCCCC)C(C)C(OP(=O)(O)OCC[N+](C)(C)C)N(C(=O)CCCCCCCCCCCCC)C(=O)CCCCCCCCCCCCC. The normalized spacial score (nSPS) is 13.4. The van der Waals surface area contributed by atoms with E-state index in [2.05, 4.69) is 27.7 Å². The van der Waals surface area contributed by atoms with E-state index in [1.165, 1.54) is 172 Å². The van der Waals surface area contributed by atoms with E-state index in [0.29, 0.717) is 36.7 Å². The molecule has 0 radical (unpaired) electrons. The van der Waals surface area contributed by atoms with Gasteiger partial charge in [0.1, 0.15) is 13.2 Å². The van der Waals surface area contributed by atoms with Crippen LogP contribution in [0.2, 0.25) is 0 Å². The molecule has 0 aliphatic rings. The van der Waals surface area contributed by atoms with Crippen molar-refractivity contribution in [2.24, 2.45) is 0 Å². The first-order chi connectivity index (χ1) is 36.7. The molecular formula is C64H127N3O8P+. The molecular weight excluding hydrogens is 970 g/mol. The van der Waals surface area contributed by atoms with Crippen LogP contribution in [0.1, 0.15) is 343 Å².